The number of hydrogen-bond donors (Lipinski definition) is 1. The molecule has 0 radical (unpaired) electrons. The minimum absolute atomic E-state index is 0.138. The molecule has 1 amide bonds. The number of carbonyl (C=O) groups excluding carboxylic acids is 2. The normalized spacial score (nSPS) is 17.1. The van der Waals surface area contributed by atoms with Crippen molar-refractivity contribution in [3.63, 3.8) is 0 Å². The molecule has 1 aliphatic heterocycles. The zero-order valence-electron chi connectivity index (χ0n) is 20.3. The quantitative estimate of drug-likeness (QED) is 0.548. The topological polar surface area (TPSA) is 92.8 Å². The number of piperidine rings is 1. The maximum absolute atomic E-state index is 13.1. The Morgan fingerprint density at radius 1 is 0.971 bits per heavy atom. The molecule has 7 nitrogen and oxygen atoms in total. The van der Waals surface area contributed by atoms with Crippen LogP contribution in [0.15, 0.2) is 53.4 Å². The third-order valence-electron chi connectivity index (χ3n) is 6.06. The van der Waals surface area contributed by atoms with E-state index >= 15 is 0 Å². The molecule has 1 N–H and O–H groups in total. The van der Waals surface area contributed by atoms with Crippen LogP contribution in [0.1, 0.15) is 69.9 Å². The molecule has 1 unspecified atom stereocenters. The molecular weight excluding hydrogens is 452 g/mol. The number of nitrogens with zero attached hydrogens (tertiary/aromatic N) is 1. The van der Waals surface area contributed by atoms with Gasteiger partial charge in [0, 0.05) is 12.2 Å². The summed E-state index contributed by atoms with van der Waals surface area (Å²) in [5, 5.41) is 2.92. The Balaban J connectivity index is 1.71. The van der Waals surface area contributed by atoms with Crippen LogP contribution < -0.4 is 5.32 Å². The second-order valence-corrected chi connectivity index (χ2v) is 11.1. The molecule has 2 aromatic rings. The number of anilines is 1. The Morgan fingerprint density at radius 2 is 1.59 bits per heavy atom. The predicted octanol–water partition coefficient (Wildman–Crippen LogP) is 4.66. The first-order chi connectivity index (χ1) is 16.1. The Kier molecular flexibility index (Phi) is 8.49. The molecule has 0 aliphatic carbocycles. The third kappa shape index (κ3) is 5.85. The van der Waals surface area contributed by atoms with E-state index < -0.39 is 34.5 Å². The number of para-hydroxylation sites is 1. The van der Waals surface area contributed by atoms with Crippen LogP contribution in [0.3, 0.4) is 0 Å². The average Bonchev–Trinajstić information content (AvgIpc) is 2.83. The lowest BCUT2D eigenvalue weighted by Crippen LogP contribution is -2.48. The van der Waals surface area contributed by atoms with Crippen LogP contribution in [0, 0.1) is 0 Å². The Bertz CT molecular complexity index is 1090. The Hall–Kier alpha value is -2.71. The monoisotopic (exact) mass is 486 g/mol. The standard InChI is InChI=1S/C26H34N2O5S/c1-18(2)21-13-10-14-22(19(3)4)25(21)27-24(29)17-33-26(30)23-15-8-9-16-28(23)34(31,32)20-11-6-5-7-12-20/h5-7,10-14,18-19,23H,8-9,15-17H2,1-4H3,(H,27,29). The van der Waals surface area contributed by atoms with Gasteiger partial charge in [0.1, 0.15) is 6.04 Å². The number of sulfonamides is 1. The zero-order valence-corrected chi connectivity index (χ0v) is 21.1. The highest BCUT2D eigenvalue weighted by Crippen LogP contribution is 2.32. The highest BCUT2D eigenvalue weighted by Gasteiger charge is 2.38. The zero-order chi connectivity index (χ0) is 24.9. The van der Waals surface area contributed by atoms with Crippen molar-refractivity contribution in [1.82, 2.24) is 4.31 Å². The van der Waals surface area contributed by atoms with E-state index in [9.17, 15) is 18.0 Å². The largest absolute Gasteiger partial charge is 0.454 e. The Labute approximate surface area is 202 Å². The van der Waals surface area contributed by atoms with E-state index in [4.69, 9.17) is 4.74 Å². The fourth-order valence-corrected chi connectivity index (χ4v) is 5.93. The number of rotatable bonds is 8. The van der Waals surface area contributed by atoms with Gasteiger partial charge in [-0.15, -0.1) is 0 Å². The smallest absolute Gasteiger partial charge is 0.324 e. The summed E-state index contributed by atoms with van der Waals surface area (Å²) in [6, 6.07) is 13.0. The lowest BCUT2D eigenvalue weighted by molar-refractivity contribution is -0.152. The van der Waals surface area contributed by atoms with Gasteiger partial charge in [0.25, 0.3) is 5.91 Å². The van der Waals surface area contributed by atoms with Gasteiger partial charge in [0.05, 0.1) is 4.90 Å². The lowest BCUT2D eigenvalue weighted by Gasteiger charge is -2.33. The third-order valence-corrected chi connectivity index (χ3v) is 7.98. The summed E-state index contributed by atoms with van der Waals surface area (Å²) in [6.07, 6.45) is 1.74. The van der Waals surface area contributed by atoms with Crippen molar-refractivity contribution >= 4 is 27.6 Å². The fourth-order valence-electron chi connectivity index (χ4n) is 4.26. The number of hydrogen-bond acceptors (Lipinski definition) is 5. The minimum Gasteiger partial charge on any atom is -0.454 e. The molecule has 0 bridgehead atoms. The number of amides is 1. The molecule has 1 heterocycles. The van der Waals surface area contributed by atoms with Crippen molar-refractivity contribution in [2.75, 3.05) is 18.5 Å². The first-order valence-electron chi connectivity index (χ1n) is 11.8. The van der Waals surface area contributed by atoms with Gasteiger partial charge in [-0.05, 0) is 54.4 Å². The van der Waals surface area contributed by atoms with Crippen molar-refractivity contribution in [2.24, 2.45) is 0 Å². The van der Waals surface area contributed by atoms with Gasteiger partial charge < -0.3 is 10.1 Å². The second-order valence-electron chi connectivity index (χ2n) is 9.22. The van der Waals surface area contributed by atoms with E-state index in [1.807, 2.05) is 18.2 Å². The summed E-state index contributed by atoms with van der Waals surface area (Å²) in [5.74, 6) is -0.738. The average molecular weight is 487 g/mol. The van der Waals surface area contributed by atoms with Gasteiger partial charge in [0.2, 0.25) is 10.0 Å². The summed E-state index contributed by atoms with van der Waals surface area (Å²) >= 11 is 0. The molecule has 34 heavy (non-hydrogen) atoms. The Morgan fingerprint density at radius 3 is 2.18 bits per heavy atom. The predicted molar refractivity (Wildman–Crippen MR) is 132 cm³/mol. The summed E-state index contributed by atoms with van der Waals surface area (Å²) in [5.41, 5.74) is 2.77. The molecule has 0 saturated carbocycles. The van der Waals surface area contributed by atoms with Crippen LogP contribution in [0.5, 0.6) is 0 Å². The van der Waals surface area contributed by atoms with Gasteiger partial charge in [-0.2, -0.15) is 4.31 Å². The van der Waals surface area contributed by atoms with Gasteiger partial charge in [-0.25, -0.2) is 8.42 Å². The molecule has 8 heteroatoms. The maximum atomic E-state index is 13.1. The molecule has 3 rings (SSSR count). The van der Waals surface area contributed by atoms with E-state index in [0.29, 0.717) is 19.3 Å². The highest BCUT2D eigenvalue weighted by atomic mass is 32.2. The number of benzene rings is 2. The van der Waals surface area contributed by atoms with Crippen molar-refractivity contribution in [3.05, 3.63) is 59.7 Å². The van der Waals surface area contributed by atoms with Crippen molar-refractivity contribution in [2.45, 2.75) is 69.7 Å². The molecule has 0 spiro atoms. The van der Waals surface area contributed by atoms with Crippen LogP contribution in [0.4, 0.5) is 5.69 Å². The van der Waals surface area contributed by atoms with E-state index in [-0.39, 0.29) is 23.3 Å². The number of ether oxygens (including phenoxy) is 1. The van der Waals surface area contributed by atoms with Crippen molar-refractivity contribution in [3.8, 4) is 0 Å². The number of esters is 1. The SMILES string of the molecule is CC(C)c1cccc(C(C)C)c1NC(=O)COC(=O)C1CCCCN1S(=O)(=O)c1ccccc1. The van der Waals surface area contributed by atoms with Crippen LogP contribution in [-0.4, -0.2) is 43.8 Å². The molecule has 184 valence electrons. The lowest BCUT2D eigenvalue weighted by atomic mass is 9.92. The molecule has 2 aromatic carbocycles. The molecular formula is C26H34N2O5S. The first kappa shape index (κ1) is 25.9. The van der Waals surface area contributed by atoms with Gasteiger partial charge in [-0.3, -0.25) is 9.59 Å². The summed E-state index contributed by atoms with van der Waals surface area (Å²) in [6.45, 7) is 7.99. The van der Waals surface area contributed by atoms with Gasteiger partial charge >= 0.3 is 5.97 Å². The fraction of sp³-hybridized carbons (Fsp3) is 0.462. The molecule has 0 aromatic heterocycles. The minimum atomic E-state index is -3.84. The highest BCUT2D eigenvalue weighted by molar-refractivity contribution is 7.89. The number of nitrogens with one attached hydrogen (secondary N) is 1. The van der Waals surface area contributed by atoms with E-state index in [0.717, 1.165) is 16.8 Å². The second kappa shape index (κ2) is 11.1. The summed E-state index contributed by atoms with van der Waals surface area (Å²) in [7, 11) is -3.84. The van der Waals surface area contributed by atoms with Crippen molar-refractivity contribution < 1.29 is 22.7 Å². The van der Waals surface area contributed by atoms with Crippen LogP contribution in [0.25, 0.3) is 0 Å². The van der Waals surface area contributed by atoms with Crippen LogP contribution in [0.2, 0.25) is 0 Å². The summed E-state index contributed by atoms with van der Waals surface area (Å²) in [4.78, 5) is 25.8. The first-order valence-corrected chi connectivity index (χ1v) is 13.2. The molecule has 1 fully saturated rings. The maximum Gasteiger partial charge on any atom is 0.324 e. The molecule has 1 atom stereocenters. The number of carbonyl (C=O) groups is 2. The van der Waals surface area contributed by atoms with E-state index in [1.54, 1.807) is 18.2 Å². The van der Waals surface area contributed by atoms with Crippen LogP contribution >= 0.6 is 0 Å². The van der Waals surface area contributed by atoms with Gasteiger partial charge in [-0.1, -0.05) is 64.1 Å². The van der Waals surface area contributed by atoms with E-state index in [1.165, 1.54) is 16.4 Å². The molecule has 1 aliphatic rings. The van der Waals surface area contributed by atoms with Gasteiger partial charge in [0.15, 0.2) is 6.61 Å². The van der Waals surface area contributed by atoms with Crippen molar-refractivity contribution in [1.29, 1.82) is 0 Å². The molecule has 1 saturated heterocycles. The summed E-state index contributed by atoms with van der Waals surface area (Å²) < 4.78 is 32.8. The van der Waals surface area contributed by atoms with E-state index in [2.05, 4.69) is 33.0 Å². The van der Waals surface area contributed by atoms with Crippen LogP contribution in [-0.2, 0) is 24.3 Å².